The van der Waals surface area contributed by atoms with Gasteiger partial charge in [0.25, 0.3) is 0 Å². The van der Waals surface area contributed by atoms with Gasteiger partial charge in [0.2, 0.25) is 0 Å². The molecule has 0 aliphatic rings. The van der Waals surface area contributed by atoms with Gasteiger partial charge in [0.15, 0.2) is 11.5 Å². The fourth-order valence-corrected chi connectivity index (χ4v) is 3.36. The lowest BCUT2D eigenvalue weighted by Crippen LogP contribution is -2.43. The predicted molar refractivity (Wildman–Crippen MR) is 140 cm³/mol. The second-order valence-electron chi connectivity index (χ2n) is 9.50. The molecular weight excluding hydrogens is 514 g/mol. The number of carboxylic acids is 1. The molecule has 1 rings (SSSR count). The van der Waals surface area contributed by atoms with Gasteiger partial charge in [-0.2, -0.15) is 0 Å². The minimum Gasteiger partial charge on any atom is -0.480 e. The van der Waals surface area contributed by atoms with Crippen molar-refractivity contribution in [2.45, 2.75) is 85.5 Å². The number of rotatable bonds is 14. The summed E-state index contributed by atoms with van der Waals surface area (Å²) in [6.45, 7) is 12.6. The van der Waals surface area contributed by atoms with Crippen molar-refractivity contribution in [3.05, 3.63) is 23.8 Å². The highest BCUT2D eigenvalue weighted by molar-refractivity contribution is 5.75. The minimum absolute atomic E-state index is 0.0703. The zero-order chi connectivity index (χ0) is 29.7. The standard InChI is InChI=1S/C27H41NO11/c1-8-12-34-25(31)38-20-11-10-19(14-21(20)39-26(32)35-13-9-2)22(23(28)24(29)30)16(5)18(7)37-27(33)36-17(6)15(3)4/h10-11,14-18,22-23H,8-9,12-13,28H2,1-7H3,(H,29,30)/t16?,17?,18?,22?,23-/m0/s1. The number of hydrogen-bond acceptors (Lipinski definition) is 11. The largest absolute Gasteiger partial charge is 0.513 e. The first-order valence-electron chi connectivity index (χ1n) is 13.0. The second-order valence-corrected chi connectivity index (χ2v) is 9.50. The van der Waals surface area contributed by atoms with E-state index in [9.17, 15) is 24.3 Å². The zero-order valence-corrected chi connectivity index (χ0v) is 23.6. The molecule has 220 valence electrons. The number of nitrogens with two attached hydrogens (primary N) is 1. The summed E-state index contributed by atoms with van der Waals surface area (Å²) in [7, 11) is 0. The lowest BCUT2D eigenvalue weighted by molar-refractivity contribution is -0.139. The molecule has 0 saturated heterocycles. The molecule has 0 aromatic heterocycles. The molecule has 4 unspecified atom stereocenters. The number of benzene rings is 1. The van der Waals surface area contributed by atoms with E-state index in [4.69, 9.17) is 34.2 Å². The Hall–Kier alpha value is -3.54. The molecule has 0 fully saturated rings. The minimum atomic E-state index is -1.43. The van der Waals surface area contributed by atoms with E-state index in [1.807, 2.05) is 20.8 Å². The molecule has 1 aromatic carbocycles. The van der Waals surface area contributed by atoms with Crippen LogP contribution in [0.15, 0.2) is 18.2 Å². The normalized spacial score (nSPS) is 14.8. The van der Waals surface area contributed by atoms with Gasteiger partial charge in [-0.25, -0.2) is 14.4 Å². The van der Waals surface area contributed by atoms with Gasteiger partial charge in [0.05, 0.1) is 13.2 Å². The number of hydrogen-bond donors (Lipinski definition) is 2. The van der Waals surface area contributed by atoms with Crippen molar-refractivity contribution in [3.63, 3.8) is 0 Å². The molecule has 12 heteroatoms. The molecule has 0 saturated carbocycles. The summed E-state index contributed by atoms with van der Waals surface area (Å²) >= 11 is 0. The van der Waals surface area contributed by atoms with Crippen LogP contribution in [0.5, 0.6) is 11.5 Å². The molecule has 0 radical (unpaired) electrons. The summed E-state index contributed by atoms with van der Waals surface area (Å²) in [6.07, 6.45) is -3.05. The molecule has 12 nitrogen and oxygen atoms in total. The third-order valence-electron chi connectivity index (χ3n) is 6.07. The maximum Gasteiger partial charge on any atom is 0.513 e. The first kappa shape index (κ1) is 33.5. The van der Waals surface area contributed by atoms with Gasteiger partial charge in [-0.15, -0.1) is 0 Å². The van der Waals surface area contributed by atoms with E-state index in [2.05, 4.69) is 0 Å². The summed E-state index contributed by atoms with van der Waals surface area (Å²) < 4.78 is 31.0. The molecule has 0 heterocycles. The quantitative estimate of drug-likeness (QED) is 0.174. The lowest BCUT2D eigenvalue weighted by atomic mass is 9.79. The van der Waals surface area contributed by atoms with E-state index >= 15 is 0 Å². The topological polar surface area (TPSA) is 170 Å². The van der Waals surface area contributed by atoms with Crippen LogP contribution in [0.2, 0.25) is 0 Å². The second kappa shape index (κ2) is 16.4. The van der Waals surface area contributed by atoms with E-state index in [1.165, 1.54) is 18.2 Å². The van der Waals surface area contributed by atoms with E-state index in [0.717, 1.165) is 0 Å². The van der Waals surface area contributed by atoms with Crippen molar-refractivity contribution in [2.24, 2.45) is 17.6 Å². The van der Waals surface area contributed by atoms with Gasteiger partial charge >= 0.3 is 24.4 Å². The average Bonchev–Trinajstić information content (AvgIpc) is 2.87. The Balaban J connectivity index is 3.36. The van der Waals surface area contributed by atoms with E-state index < -0.39 is 48.4 Å². The van der Waals surface area contributed by atoms with E-state index in [0.29, 0.717) is 18.4 Å². The van der Waals surface area contributed by atoms with Crippen molar-refractivity contribution < 1.29 is 52.7 Å². The predicted octanol–water partition coefficient (Wildman–Crippen LogP) is 5.26. The van der Waals surface area contributed by atoms with Gasteiger partial charge in [-0.3, -0.25) is 4.79 Å². The summed E-state index contributed by atoms with van der Waals surface area (Å²) in [5, 5.41) is 9.73. The molecule has 0 aliphatic heterocycles. The highest BCUT2D eigenvalue weighted by Crippen LogP contribution is 2.37. The molecule has 1 aromatic rings. The van der Waals surface area contributed by atoms with Crippen LogP contribution in [-0.2, 0) is 23.7 Å². The van der Waals surface area contributed by atoms with Crippen molar-refractivity contribution >= 4 is 24.4 Å². The Bertz CT molecular complexity index is 965. The van der Waals surface area contributed by atoms with Gasteiger partial charge in [-0.05, 0) is 50.3 Å². The Labute approximate surface area is 229 Å². The summed E-state index contributed by atoms with van der Waals surface area (Å²) in [6, 6.07) is 2.69. The molecular formula is C27H41NO11. The van der Waals surface area contributed by atoms with Crippen molar-refractivity contribution in [1.29, 1.82) is 0 Å². The van der Waals surface area contributed by atoms with Crippen LogP contribution < -0.4 is 15.2 Å². The fourth-order valence-electron chi connectivity index (χ4n) is 3.36. The van der Waals surface area contributed by atoms with Gasteiger partial charge in [0, 0.05) is 11.8 Å². The van der Waals surface area contributed by atoms with Crippen molar-refractivity contribution in [3.8, 4) is 11.5 Å². The highest BCUT2D eigenvalue weighted by atomic mass is 16.7. The maximum atomic E-state index is 12.3. The molecule has 0 spiro atoms. The smallest absolute Gasteiger partial charge is 0.480 e. The SMILES string of the molecule is CCCOC(=O)Oc1ccc(C(C(C)C(C)OC(=O)OC(C)C(C)C)[C@H](N)C(=O)O)cc1OC(=O)OCCC. The lowest BCUT2D eigenvalue weighted by Gasteiger charge is -2.32. The van der Waals surface area contributed by atoms with Crippen LogP contribution in [-0.4, -0.2) is 61.0 Å². The van der Waals surface area contributed by atoms with Crippen LogP contribution in [0.1, 0.15) is 72.8 Å². The van der Waals surface area contributed by atoms with Crippen LogP contribution in [0, 0.1) is 11.8 Å². The van der Waals surface area contributed by atoms with E-state index in [-0.39, 0.29) is 36.7 Å². The number of aliphatic carboxylic acids is 1. The molecule has 5 atom stereocenters. The van der Waals surface area contributed by atoms with E-state index in [1.54, 1.807) is 27.7 Å². The summed E-state index contributed by atoms with van der Waals surface area (Å²) in [5.41, 5.74) is 6.39. The molecule has 0 aliphatic carbocycles. The Morgan fingerprint density at radius 2 is 1.31 bits per heavy atom. The third-order valence-corrected chi connectivity index (χ3v) is 6.07. The monoisotopic (exact) mass is 555 g/mol. The third kappa shape index (κ3) is 11.0. The van der Waals surface area contributed by atoms with Crippen LogP contribution in [0.3, 0.4) is 0 Å². The van der Waals surface area contributed by atoms with Crippen molar-refractivity contribution in [2.75, 3.05) is 13.2 Å². The molecule has 0 amide bonds. The first-order valence-corrected chi connectivity index (χ1v) is 13.0. The van der Waals surface area contributed by atoms with Crippen LogP contribution in [0.4, 0.5) is 14.4 Å². The van der Waals surface area contributed by atoms with Crippen LogP contribution >= 0.6 is 0 Å². The fraction of sp³-hybridized carbons (Fsp3) is 0.630. The van der Waals surface area contributed by atoms with Gasteiger partial charge in [0.1, 0.15) is 18.2 Å². The molecule has 39 heavy (non-hydrogen) atoms. The Morgan fingerprint density at radius 1 is 0.795 bits per heavy atom. The van der Waals surface area contributed by atoms with Gasteiger partial charge < -0.3 is 39.3 Å². The Morgan fingerprint density at radius 3 is 1.79 bits per heavy atom. The maximum absolute atomic E-state index is 12.3. The first-order chi connectivity index (χ1) is 18.3. The highest BCUT2D eigenvalue weighted by Gasteiger charge is 2.36. The summed E-state index contributed by atoms with van der Waals surface area (Å²) in [5.74, 6) is -3.17. The number of carbonyl (C=O) groups excluding carboxylic acids is 3. The molecule has 0 bridgehead atoms. The van der Waals surface area contributed by atoms with Crippen molar-refractivity contribution in [1.82, 2.24) is 0 Å². The Kier molecular flexibility index (Phi) is 14.1. The zero-order valence-electron chi connectivity index (χ0n) is 23.6. The number of ether oxygens (including phenoxy) is 6. The van der Waals surface area contributed by atoms with Crippen LogP contribution in [0.25, 0.3) is 0 Å². The van der Waals surface area contributed by atoms with Gasteiger partial charge in [-0.1, -0.05) is 40.7 Å². The summed E-state index contributed by atoms with van der Waals surface area (Å²) in [4.78, 5) is 48.5. The number of carbonyl (C=O) groups is 4. The molecule has 3 N–H and O–H groups in total. The number of carboxylic acid groups (broad SMARTS) is 1. The average molecular weight is 556 g/mol.